The predicted molar refractivity (Wildman–Crippen MR) is 91.9 cm³/mol. The minimum atomic E-state index is -3.64. The third-order valence-electron chi connectivity index (χ3n) is 3.22. The van der Waals surface area contributed by atoms with E-state index in [-0.39, 0.29) is 42.3 Å². The summed E-state index contributed by atoms with van der Waals surface area (Å²) in [6, 6.07) is 6.45. The molecule has 2 N–H and O–H groups in total. The van der Waals surface area contributed by atoms with E-state index in [9.17, 15) is 18.0 Å². The number of carbonyl (C=O) groups is 2. The Balaban J connectivity index is 2.47. The number of nitrogens with one attached hydrogen (secondary N) is 2. The zero-order valence-corrected chi connectivity index (χ0v) is 15.3. The number of benzene rings is 1. The molecule has 7 nitrogen and oxygen atoms in total. The Morgan fingerprint density at radius 2 is 1.75 bits per heavy atom. The van der Waals surface area contributed by atoms with Crippen molar-refractivity contribution in [2.24, 2.45) is 0 Å². The number of aryl methyl sites for hydroxylation is 1. The molecule has 0 radical (unpaired) electrons. The van der Waals surface area contributed by atoms with E-state index in [0.717, 1.165) is 5.56 Å². The molecule has 0 aliphatic carbocycles. The minimum absolute atomic E-state index is 0.00215. The minimum Gasteiger partial charge on any atom is -0.352 e. The fourth-order valence-electron chi connectivity index (χ4n) is 1.96. The lowest BCUT2D eigenvalue weighted by Crippen LogP contribution is -2.41. The van der Waals surface area contributed by atoms with Crippen LogP contribution < -0.4 is 10.0 Å². The molecule has 0 saturated heterocycles. The zero-order valence-electron chi connectivity index (χ0n) is 14.5. The van der Waals surface area contributed by atoms with Gasteiger partial charge in [-0.2, -0.15) is 0 Å². The first-order chi connectivity index (χ1) is 11.1. The topological polar surface area (TPSA) is 95.6 Å². The summed E-state index contributed by atoms with van der Waals surface area (Å²) in [7, 11) is -2.13. The average molecular weight is 355 g/mol. The highest BCUT2D eigenvalue weighted by Gasteiger charge is 2.16. The lowest BCUT2D eigenvalue weighted by atomic mass is 10.2. The quantitative estimate of drug-likeness (QED) is 0.715. The van der Waals surface area contributed by atoms with E-state index in [2.05, 4.69) is 10.0 Å². The third-order valence-corrected chi connectivity index (χ3v) is 4.70. The Morgan fingerprint density at radius 1 is 1.17 bits per heavy atom. The van der Waals surface area contributed by atoms with E-state index in [1.807, 2.05) is 20.8 Å². The van der Waals surface area contributed by atoms with E-state index in [4.69, 9.17) is 0 Å². The van der Waals surface area contributed by atoms with Crippen molar-refractivity contribution in [2.75, 3.05) is 20.1 Å². The third kappa shape index (κ3) is 6.67. The second kappa shape index (κ2) is 8.79. The highest BCUT2D eigenvalue weighted by Crippen LogP contribution is 2.09. The fourth-order valence-corrected chi connectivity index (χ4v) is 2.99. The maximum atomic E-state index is 12.1. The van der Waals surface area contributed by atoms with Crippen molar-refractivity contribution in [1.82, 2.24) is 14.9 Å². The summed E-state index contributed by atoms with van der Waals surface area (Å²) in [5.74, 6) is -0.554. The van der Waals surface area contributed by atoms with Gasteiger partial charge in [0.25, 0.3) is 0 Å². The molecule has 1 rings (SSSR count). The van der Waals surface area contributed by atoms with Crippen molar-refractivity contribution in [3.63, 3.8) is 0 Å². The molecule has 134 valence electrons. The van der Waals surface area contributed by atoms with Crippen LogP contribution in [0, 0.1) is 6.92 Å². The number of hydrogen-bond acceptors (Lipinski definition) is 4. The SMILES string of the molecule is Cc1ccc(S(=O)(=O)NCCC(=O)N(C)CC(=O)NC(C)C)cc1. The number of carbonyl (C=O) groups excluding carboxylic acids is 2. The Bertz CT molecular complexity index is 669. The molecule has 0 unspecified atom stereocenters. The van der Waals surface area contributed by atoms with Gasteiger partial charge in [0.05, 0.1) is 11.4 Å². The average Bonchev–Trinajstić information content (AvgIpc) is 2.46. The summed E-state index contributed by atoms with van der Waals surface area (Å²) in [6.07, 6.45) is -0.0173. The van der Waals surface area contributed by atoms with Gasteiger partial charge in [-0.05, 0) is 32.9 Å². The molecule has 0 aliphatic heterocycles. The lowest BCUT2D eigenvalue weighted by Gasteiger charge is -2.18. The zero-order chi connectivity index (χ0) is 18.3. The molecule has 0 saturated carbocycles. The second-order valence-corrected chi connectivity index (χ2v) is 7.70. The predicted octanol–water partition coefficient (Wildman–Crippen LogP) is 0.646. The standard InChI is InChI=1S/C16H25N3O4S/c1-12(2)18-15(20)11-19(4)16(21)9-10-17-24(22,23)14-7-5-13(3)6-8-14/h5-8,12,17H,9-11H2,1-4H3,(H,18,20). The van der Waals surface area contributed by atoms with Gasteiger partial charge in [0, 0.05) is 26.1 Å². The van der Waals surface area contributed by atoms with Gasteiger partial charge < -0.3 is 10.2 Å². The van der Waals surface area contributed by atoms with Gasteiger partial charge in [0.2, 0.25) is 21.8 Å². The van der Waals surface area contributed by atoms with Crippen molar-refractivity contribution in [3.8, 4) is 0 Å². The molecule has 0 bridgehead atoms. The van der Waals surface area contributed by atoms with Crippen LogP contribution in [0.15, 0.2) is 29.2 Å². The number of rotatable bonds is 8. The van der Waals surface area contributed by atoms with Gasteiger partial charge in [0.15, 0.2) is 0 Å². The monoisotopic (exact) mass is 355 g/mol. The summed E-state index contributed by atoms with van der Waals surface area (Å²) in [5, 5.41) is 2.69. The van der Waals surface area contributed by atoms with Crippen LogP contribution in [-0.4, -0.2) is 51.3 Å². The van der Waals surface area contributed by atoms with E-state index in [0.29, 0.717) is 0 Å². The molecule has 2 amide bonds. The van der Waals surface area contributed by atoms with Crippen LogP contribution in [-0.2, 0) is 19.6 Å². The second-order valence-electron chi connectivity index (χ2n) is 5.93. The largest absolute Gasteiger partial charge is 0.352 e. The number of hydrogen-bond donors (Lipinski definition) is 2. The van der Waals surface area contributed by atoms with E-state index in [1.165, 1.54) is 24.1 Å². The molecule has 24 heavy (non-hydrogen) atoms. The number of sulfonamides is 1. The molecular weight excluding hydrogens is 330 g/mol. The summed E-state index contributed by atoms with van der Waals surface area (Å²) in [6.45, 7) is 5.46. The van der Waals surface area contributed by atoms with Crippen molar-refractivity contribution in [2.45, 2.75) is 38.1 Å². The Morgan fingerprint density at radius 3 is 2.29 bits per heavy atom. The Hall–Kier alpha value is -1.93. The maximum Gasteiger partial charge on any atom is 0.240 e. The summed E-state index contributed by atoms with van der Waals surface area (Å²) >= 11 is 0. The molecule has 1 aromatic carbocycles. The van der Waals surface area contributed by atoms with Crippen LogP contribution in [0.4, 0.5) is 0 Å². The summed E-state index contributed by atoms with van der Waals surface area (Å²) in [4.78, 5) is 25.0. The van der Waals surface area contributed by atoms with Gasteiger partial charge in [0.1, 0.15) is 0 Å². The van der Waals surface area contributed by atoms with Crippen LogP contribution in [0.2, 0.25) is 0 Å². The first kappa shape index (κ1) is 20.1. The molecule has 1 aromatic rings. The Kier molecular flexibility index (Phi) is 7.37. The molecular formula is C16H25N3O4S. The van der Waals surface area contributed by atoms with Crippen LogP contribution in [0.3, 0.4) is 0 Å². The van der Waals surface area contributed by atoms with Gasteiger partial charge in [-0.3, -0.25) is 9.59 Å². The maximum absolute atomic E-state index is 12.1. The van der Waals surface area contributed by atoms with E-state index >= 15 is 0 Å². The number of likely N-dealkylation sites (N-methyl/N-ethyl adjacent to an activating group) is 1. The van der Waals surface area contributed by atoms with Gasteiger partial charge in [-0.1, -0.05) is 17.7 Å². The van der Waals surface area contributed by atoms with Crippen LogP contribution in [0.1, 0.15) is 25.8 Å². The first-order valence-electron chi connectivity index (χ1n) is 7.71. The molecule has 0 heterocycles. The van der Waals surface area contributed by atoms with Crippen LogP contribution >= 0.6 is 0 Å². The van der Waals surface area contributed by atoms with E-state index in [1.54, 1.807) is 12.1 Å². The normalized spacial score (nSPS) is 11.4. The molecule has 0 fully saturated rings. The summed E-state index contributed by atoms with van der Waals surface area (Å²) in [5.41, 5.74) is 0.963. The molecule has 8 heteroatoms. The van der Waals surface area contributed by atoms with Crippen molar-refractivity contribution in [1.29, 1.82) is 0 Å². The molecule has 0 atom stereocenters. The number of amides is 2. The van der Waals surface area contributed by atoms with Gasteiger partial charge in [-0.25, -0.2) is 13.1 Å². The van der Waals surface area contributed by atoms with Gasteiger partial charge in [-0.15, -0.1) is 0 Å². The van der Waals surface area contributed by atoms with Crippen molar-refractivity contribution in [3.05, 3.63) is 29.8 Å². The van der Waals surface area contributed by atoms with Gasteiger partial charge >= 0.3 is 0 Å². The Labute approximate surface area is 143 Å². The number of nitrogens with zero attached hydrogens (tertiary/aromatic N) is 1. The highest BCUT2D eigenvalue weighted by atomic mass is 32.2. The van der Waals surface area contributed by atoms with Crippen molar-refractivity contribution >= 4 is 21.8 Å². The first-order valence-corrected chi connectivity index (χ1v) is 9.20. The van der Waals surface area contributed by atoms with E-state index < -0.39 is 10.0 Å². The highest BCUT2D eigenvalue weighted by molar-refractivity contribution is 7.89. The van der Waals surface area contributed by atoms with Crippen LogP contribution in [0.25, 0.3) is 0 Å². The lowest BCUT2D eigenvalue weighted by molar-refractivity contribution is -0.134. The van der Waals surface area contributed by atoms with Crippen molar-refractivity contribution < 1.29 is 18.0 Å². The molecule has 0 aromatic heterocycles. The van der Waals surface area contributed by atoms with Crippen LogP contribution in [0.5, 0.6) is 0 Å². The fraction of sp³-hybridized carbons (Fsp3) is 0.500. The molecule has 0 spiro atoms. The summed E-state index contributed by atoms with van der Waals surface area (Å²) < 4.78 is 26.6. The smallest absolute Gasteiger partial charge is 0.240 e. The molecule has 0 aliphatic rings.